The summed E-state index contributed by atoms with van der Waals surface area (Å²) in [6, 6.07) is 15.4. The monoisotopic (exact) mass is 442 g/mol. The summed E-state index contributed by atoms with van der Waals surface area (Å²) in [5, 5.41) is 2.68. The van der Waals surface area contributed by atoms with Gasteiger partial charge in [-0.2, -0.15) is 4.31 Å². The van der Waals surface area contributed by atoms with E-state index in [2.05, 4.69) is 10.3 Å². The van der Waals surface area contributed by atoms with Crippen LogP contribution in [0.1, 0.15) is 0 Å². The second-order valence-corrected chi connectivity index (χ2v) is 8.64. The van der Waals surface area contributed by atoms with Crippen LogP contribution < -0.4 is 15.0 Å². The normalized spacial score (nSPS) is 15.2. The number of amides is 1. The maximum Gasteiger partial charge on any atom is 0.248 e. The largest absolute Gasteiger partial charge is 0.495 e. The van der Waals surface area contributed by atoms with E-state index in [1.54, 1.807) is 29.2 Å². The van der Waals surface area contributed by atoms with Gasteiger partial charge in [-0.25, -0.2) is 17.8 Å². The van der Waals surface area contributed by atoms with Crippen LogP contribution in [0.25, 0.3) is 0 Å². The van der Waals surface area contributed by atoms with Gasteiger partial charge in [0.15, 0.2) is 5.82 Å². The summed E-state index contributed by atoms with van der Waals surface area (Å²) in [6.45, 7) is -0.580. The highest BCUT2D eigenvalue weighted by atomic mass is 32.2. The van der Waals surface area contributed by atoms with E-state index in [1.807, 2.05) is 0 Å². The number of nitrogens with zero attached hydrogens (tertiary/aromatic N) is 3. The van der Waals surface area contributed by atoms with Crippen LogP contribution in [0.4, 0.5) is 21.6 Å². The van der Waals surface area contributed by atoms with E-state index in [1.165, 1.54) is 49.7 Å². The van der Waals surface area contributed by atoms with Crippen molar-refractivity contribution >= 4 is 33.1 Å². The number of anilines is 3. The van der Waals surface area contributed by atoms with Crippen molar-refractivity contribution in [2.75, 3.05) is 30.5 Å². The number of ether oxygens (including phenoxy) is 1. The number of halogens is 1. The number of nitrogens with one attached hydrogen (secondary N) is 1. The van der Waals surface area contributed by atoms with Gasteiger partial charge in [-0.1, -0.05) is 12.1 Å². The zero-order valence-corrected chi connectivity index (χ0v) is 17.3. The highest BCUT2D eigenvalue weighted by molar-refractivity contribution is 7.89. The van der Waals surface area contributed by atoms with E-state index < -0.39 is 28.3 Å². The van der Waals surface area contributed by atoms with Crippen LogP contribution in [0, 0.1) is 5.82 Å². The number of methoxy groups -OCH3 is 1. The molecule has 2 aromatic carbocycles. The van der Waals surface area contributed by atoms with Crippen LogP contribution in [0.15, 0.2) is 71.8 Å². The van der Waals surface area contributed by atoms with Crippen molar-refractivity contribution < 1.29 is 22.3 Å². The number of benzene rings is 2. The van der Waals surface area contributed by atoms with Crippen molar-refractivity contribution in [3.05, 3.63) is 72.7 Å². The molecular weight excluding hydrogens is 423 g/mol. The van der Waals surface area contributed by atoms with E-state index in [4.69, 9.17) is 4.74 Å². The molecule has 0 spiro atoms. The van der Waals surface area contributed by atoms with Crippen molar-refractivity contribution in [3.8, 4) is 5.75 Å². The summed E-state index contributed by atoms with van der Waals surface area (Å²) in [5.74, 6) is -0.266. The van der Waals surface area contributed by atoms with Gasteiger partial charge in [-0.05, 0) is 48.5 Å². The van der Waals surface area contributed by atoms with Crippen molar-refractivity contribution in [1.82, 2.24) is 9.29 Å². The van der Waals surface area contributed by atoms with Crippen LogP contribution in [0.5, 0.6) is 5.75 Å². The van der Waals surface area contributed by atoms with Crippen molar-refractivity contribution in [2.45, 2.75) is 4.90 Å². The maximum atomic E-state index is 13.4. The summed E-state index contributed by atoms with van der Waals surface area (Å²) in [5.41, 5.74) is 0.980. The van der Waals surface area contributed by atoms with Crippen LogP contribution in [0.2, 0.25) is 0 Å². The second kappa shape index (κ2) is 8.32. The first-order valence-electron chi connectivity index (χ1n) is 9.31. The molecule has 4 rings (SSSR count). The highest BCUT2D eigenvalue weighted by Crippen LogP contribution is 2.36. The van der Waals surface area contributed by atoms with Gasteiger partial charge in [0.05, 0.1) is 26.0 Å². The number of fused-ring (bicyclic) bond motifs is 1. The number of carbonyl (C=O) groups is 1. The van der Waals surface area contributed by atoms with E-state index in [9.17, 15) is 17.6 Å². The van der Waals surface area contributed by atoms with Crippen molar-refractivity contribution in [3.63, 3.8) is 0 Å². The number of hydrogen-bond donors (Lipinski definition) is 1. The fourth-order valence-electron chi connectivity index (χ4n) is 3.28. The Labute approximate surface area is 178 Å². The minimum Gasteiger partial charge on any atom is -0.495 e. The first kappa shape index (κ1) is 20.8. The van der Waals surface area contributed by atoms with Gasteiger partial charge in [0.2, 0.25) is 15.9 Å². The molecule has 1 amide bonds. The Hall–Kier alpha value is -3.50. The van der Waals surface area contributed by atoms with Gasteiger partial charge in [0.1, 0.15) is 16.5 Å². The molecule has 31 heavy (non-hydrogen) atoms. The van der Waals surface area contributed by atoms with E-state index in [0.29, 0.717) is 17.1 Å². The van der Waals surface area contributed by atoms with Gasteiger partial charge in [0.25, 0.3) is 0 Å². The summed E-state index contributed by atoms with van der Waals surface area (Å²) in [7, 11) is -2.50. The van der Waals surface area contributed by atoms with Gasteiger partial charge in [-0.3, -0.25) is 4.79 Å². The summed E-state index contributed by atoms with van der Waals surface area (Å²) < 4.78 is 45.9. The molecule has 0 atom stereocenters. The molecule has 1 aliphatic rings. The number of rotatable bonds is 5. The van der Waals surface area contributed by atoms with Crippen LogP contribution in [0.3, 0.4) is 0 Å². The molecule has 3 aromatic rings. The first-order valence-corrected chi connectivity index (χ1v) is 10.8. The van der Waals surface area contributed by atoms with Crippen molar-refractivity contribution in [1.29, 1.82) is 0 Å². The number of hydrogen-bond acceptors (Lipinski definition) is 6. The minimum atomic E-state index is -3.97. The first-order chi connectivity index (χ1) is 14.9. The Morgan fingerprint density at radius 3 is 2.61 bits per heavy atom. The SMILES string of the molecule is COc1ccccc1NC(=O)CN1CN(c2ccc(F)cc2)c2ncccc2S1(=O)=O. The molecule has 0 radical (unpaired) electrons. The molecule has 8 nitrogen and oxygen atoms in total. The van der Waals surface area contributed by atoms with E-state index in [-0.39, 0.29) is 17.4 Å². The standard InChI is InChI=1S/C21H19FN4O4S/c1-30-18-6-3-2-5-17(18)24-20(27)13-25-14-26(16-10-8-15(22)9-11-16)21-19(31(25,28)29)7-4-12-23-21/h2-12H,13-14H2,1H3,(H,24,27). The molecule has 1 aromatic heterocycles. The lowest BCUT2D eigenvalue weighted by Gasteiger charge is -2.36. The number of pyridine rings is 1. The second-order valence-electron chi connectivity index (χ2n) is 6.73. The Bertz CT molecular complexity index is 1220. The Morgan fingerprint density at radius 2 is 1.87 bits per heavy atom. The molecule has 0 bridgehead atoms. The molecule has 0 saturated heterocycles. The fraction of sp³-hybridized carbons (Fsp3) is 0.143. The quantitative estimate of drug-likeness (QED) is 0.653. The van der Waals surface area contributed by atoms with E-state index in [0.717, 1.165) is 4.31 Å². The highest BCUT2D eigenvalue weighted by Gasteiger charge is 2.38. The Balaban J connectivity index is 1.65. The minimum absolute atomic E-state index is 0.0318. The van der Waals surface area contributed by atoms with Gasteiger partial charge in [-0.15, -0.1) is 0 Å². The number of aromatic nitrogens is 1. The molecule has 0 saturated carbocycles. The van der Waals surface area contributed by atoms with Crippen molar-refractivity contribution in [2.24, 2.45) is 0 Å². The van der Waals surface area contributed by atoms with Gasteiger partial charge in [0, 0.05) is 11.9 Å². The third-order valence-corrected chi connectivity index (χ3v) is 6.56. The predicted octanol–water partition coefficient (Wildman–Crippen LogP) is 2.97. The number of para-hydroxylation sites is 2. The molecule has 1 aliphatic heterocycles. The molecular formula is C21H19FN4O4S. The lowest BCUT2D eigenvalue weighted by molar-refractivity contribution is -0.116. The fourth-order valence-corrected chi connectivity index (χ4v) is 4.76. The topological polar surface area (TPSA) is 91.8 Å². The van der Waals surface area contributed by atoms with E-state index >= 15 is 0 Å². The third-order valence-electron chi connectivity index (χ3n) is 4.76. The Morgan fingerprint density at radius 1 is 1.13 bits per heavy atom. The molecule has 160 valence electrons. The molecule has 0 unspecified atom stereocenters. The maximum absolute atomic E-state index is 13.4. The summed E-state index contributed by atoms with van der Waals surface area (Å²) in [6.07, 6.45) is 1.48. The lowest BCUT2D eigenvalue weighted by Crippen LogP contribution is -2.47. The van der Waals surface area contributed by atoms with Crippen LogP contribution in [-0.4, -0.2) is 43.9 Å². The third kappa shape index (κ3) is 4.07. The number of sulfonamides is 1. The van der Waals surface area contributed by atoms with Gasteiger partial charge >= 0.3 is 0 Å². The molecule has 2 heterocycles. The lowest BCUT2D eigenvalue weighted by atomic mass is 10.2. The molecule has 10 heteroatoms. The predicted molar refractivity (Wildman–Crippen MR) is 113 cm³/mol. The Kier molecular flexibility index (Phi) is 5.57. The van der Waals surface area contributed by atoms with Crippen LogP contribution >= 0.6 is 0 Å². The summed E-state index contributed by atoms with van der Waals surface area (Å²) in [4.78, 5) is 18.5. The average molecular weight is 442 g/mol. The molecule has 0 aliphatic carbocycles. The number of carbonyl (C=O) groups excluding carboxylic acids is 1. The van der Waals surface area contributed by atoms with Gasteiger partial charge < -0.3 is 15.0 Å². The molecule has 0 fully saturated rings. The van der Waals surface area contributed by atoms with Crippen LogP contribution in [-0.2, 0) is 14.8 Å². The zero-order chi connectivity index (χ0) is 22.0. The molecule has 1 N–H and O–H groups in total. The smallest absolute Gasteiger partial charge is 0.248 e. The zero-order valence-electron chi connectivity index (χ0n) is 16.5. The summed E-state index contributed by atoms with van der Waals surface area (Å²) >= 11 is 0. The average Bonchev–Trinajstić information content (AvgIpc) is 2.77.